The van der Waals surface area contributed by atoms with E-state index < -0.39 is 16.3 Å². The lowest BCUT2D eigenvalue weighted by Crippen LogP contribution is -2.43. The minimum Gasteiger partial charge on any atom is -0.383 e. The van der Waals surface area contributed by atoms with Crippen LogP contribution in [-0.2, 0) is 14.9 Å². The molecule has 0 saturated heterocycles. The fraction of sp³-hybridized carbons (Fsp3) is 0.375. The third-order valence-corrected chi connectivity index (χ3v) is 5.31. The highest BCUT2D eigenvalue weighted by Gasteiger charge is 2.22. The van der Waals surface area contributed by atoms with Crippen LogP contribution in [0.1, 0.15) is 11.6 Å². The Balaban J connectivity index is 2.21. The number of nitrogens with two attached hydrogens (primary N) is 1. The van der Waals surface area contributed by atoms with Crippen LogP contribution in [0.5, 0.6) is 0 Å². The van der Waals surface area contributed by atoms with E-state index in [1.807, 2.05) is 42.5 Å². The molecule has 0 saturated carbocycles. The molecule has 0 heterocycles. The standard InChI is InChI=1S/C16H23N3O3S/c1-19(9-10-22-2)23(20,21)18-16(12-17)15-8-7-13-5-3-4-6-14(13)11-15/h3-8,11,16,18H,9-10,12,17H2,1-2H3. The summed E-state index contributed by atoms with van der Waals surface area (Å²) in [6, 6.07) is 13.3. The summed E-state index contributed by atoms with van der Waals surface area (Å²) in [4.78, 5) is 0. The van der Waals surface area contributed by atoms with Crippen molar-refractivity contribution in [1.82, 2.24) is 9.03 Å². The fourth-order valence-electron chi connectivity index (χ4n) is 2.29. The molecule has 1 atom stereocenters. The van der Waals surface area contributed by atoms with Gasteiger partial charge in [0.05, 0.1) is 12.6 Å². The number of ether oxygens (including phenoxy) is 1. The van der Waals surface area contributed by atoms with E-state index >= 15 is 0 Å². The van der Waals surface area contributed by atoms with Gasteiger partial charge in [0.2, 0.25) is 0 Å². The van der Waals surface area contributed by atoms with Crippen LogP contribution in [0.2, 0.25) is 0 Å². The Labute approximate surface area is 137 Å². The van der Waals surface area contributed by atoms with Gasteiger partial charge in [-0.3, -0.25) is 0 Å². The maximum Gasteiger partial charge on any atom is 0.279 e. The van der Waals surface area contributed by atoms with Crippen molar-refractivity contribution < 1.29 is 13.2 Å². The quantitative estimate of drug-likeness (QED) is 0.759. The normalized spacial score (nSPS) is 13.6. The molecule has 0 fully saturated rings. The van der Waals surface area contributed by atoms with Crippen LogP contribution >= 0.6 is 0 Å². The number of hydrogen-bond acceptors (Lipinski definition) is 4. The first-order valence-electron chi connectivity index (χ1n) is 7.39. The molecule has 0 aromatic heterocycles. The van der Waals surface area contributed by atoms with Gasteiger partial charge in [-0.15, -0.1) is 0 Å². The van der Waals surface area contributed by atoms with E-state index in [2.05, 4.69) is 4.72 Å². The van der Waals surface area contributed by atoms with Crippen molar-refractivity contribution in [3.05, 3.63) is 48.0 Å². The zero-order valence-corrected chi connectivity index (χ0v) is 14.2. The van der Waals surface area contributed by atoms with Gasteiger partial charge in [-0.25, -0.2) is 0 Å². The van der Waals surface area contributed by atoms with Gasteiger partial charge >= 0.3 is 0 Å². The minimum absolute atomic E-state index is 0.176. The highest BCUT2D eigenvalue weighted by molar-refractivity contribution is 7.87. The van der Waals surface area contributed by atoms with E-state index in [-0.39, 0.29) is 13.1 Å². The third-order valence-electron chi connectivity index (χ3n) is 3.72. The zero-order valence-electron chi connectivity index (χ0n) is 13.4. The molecule has 0 bridgehead atoms. The molecule has 0 aliphatic carbocycles. The molecule has 0 amide bonds. The lowest BCUT2D eigenvalue weighted by molar-refractivity contribution is 0.184. The van der Waals surface area contributed by atoms with Gasteiger partial charge in [-0.1, -0.05) is 36.4 Å². The van der Waals surface area contributed by atoms with E-state index in [1.54, 1.807) is 0 Å². The highest BCUT2D eigenvalue weighted by Crippen LogP contribution is 2.20. The predicted molar refractivity (Wildman–Crippen MR) is 92.3 cm³/mol. The van der Waals surface area contributed by atoms with Gasteiger partial charge in [-0.2, -0.15) is 17.4 Å². The molecule has 3 N–H and O–H groups in total. The second kappa shape index (κ2) is 7.85. The number of nitrogens with one attached hydrogen (secondary N) is 1. The molecular weight excluding hydrogens is 314 g/mol. The van der Waals surface area contributed by atoms with E-state index in [0.29, 0.717) is 6.61 Å². The lowest BCUT2D eigenvalue weighted by Gasteiger charge is -2.23. The summed E-state index contributed by atoms with van der Waals surface area (Å²) in [5.74, 6) is 0. The van der Waals surface area contributed by atoms with Crippen LogP contribution in [0.4, 0.5) is 0 Å². The molecule has 2 aromatic carbocycles. The molecule has 1 unspecified atom stereocenters. The highest BCUT2D eigenvalue weighted by atomic mass is 32.2. The van der Waals surface area contributed by atoms with Gasteiger partial charge in [0.25, 0.3) is 10.2 Å². The number of benzene rings is 2. The average Bonchev–Trinajstić information content (AvgIpc) is 2.57. The summed E-state index contributed by atoms with van der Waals surface area (Å²) in [7, 11) is -0.579. The van der Waals surface area contributed by atoms with Crippen molar-refractivity contribution >= 4 is 21.0 Å². The van der Waals surface area contributed by atoms with Crippen molar-refractivity contribution in [2.45, 2.75) is 6.04 Å². The van der Waals surface area contributed by atoms with Crippen molar-refractivity contribution in [2.24, 2.45) is 5.73 Å². The van der Waals surface area contributed by atoms with Crippen molar-refractivity contribution in [2.75, 3.05) is 33.9 Å². The Morgan fingerprint density at radius 3 is 2.57 bits per heavy atom. The van der Waals surface area contributed by atoms with Gasteiger partial charge in [0.1, 0.15) is 0 Å². The molecule has 126 valence electrons. The van der Waals surface area contributed by atoms with Crippen molar-refractivity contribution in [3.8, 4) is 0 Å². The van der Waals surface area contributed by atoms with Crippen molar-refractivity contribution in [3.63, 3.8) is 0 Å². The van der Waals surface area contributed by atoms with Gasteiger partial charge < -0.3 is 10.5 Å². The summed E-state index contributed by atoms with van der Waals surface area (Å²) in [5, 5.41) is 2.16. The summed E-state index contributed by atoms with van der Waals surface area (Å²) in [5.41, 5.74) is 6.63. The van der Waals surface area contributed by atoms with E-state index in [1.165, 1.54) is 18.5 Å². The number of hydrogen-bond donors (Lipinski definition) is 2. The van der Waals surface area contributed by atoms with Crippen LogP contribution in [0.25, 0.3) is 10.8 Å². The van der Waals surface area contributed by atoms with Gasteiger partial charge in [-0.05, 0) is 22.4 Å². The number of nitrogens with zero attached hydrogens (tertiary/aromatic N) is 1. The molecule has 2 rings (SSSR count). The number of likely N-dealkylation sites (N-methyl/N-ethyl adjacent to an activating group) is 1. The number of methoxy groups -OCH3 is 1. The first-order valence-corrected chi connectivity index (χ1v) is 8.83. The van der Waals surface area contributed by atoms with Gasteiger partial charge in [0, 0.05) is 27.2 Å². The summed E-state index contributed by atoms with van der Waals surface area (Å²) in [6.45, 7) is 0.789. The van der Waals surface area contributed by atoms with E-state index in [0.717, 1.165) is 16.3 Å². The first-order chi connectivity index (χ1) is 11.0. The molecule has 0 spiro atoms. The largest absolute Gasteiger partial charge is 0.383 e. The number of fused-ring (bicyclic) bond motifs is 1. The Bertz CT molecular complexity index is 749. The zero-order chi connectivity index (χ0) is 16.9. The van der Waals surface area contributed by atoms with E-state index in [4.69, 9.17) is 10.5 Å². The maximum atomic E-state index is 12.3. The molecule has 0 aliphatic heterocycles. The first kappa shape index (κ1) is 17.8. The van der Waals surface area contributed by atoms with Crippen LogP contribution in [0.15, 0.2) is 42.5 Å². The van der Waals surface area contributed by atoms with Crippen LogP contribution in [0.3, 0.4) is 0 Å². The predicted octanol–water partition coefficient (Wildman–Crippen LogP) is 1.25. The average molecular weight is 337 g/mol. The molecule has 23 heavy (non-hydrogen) atoms. The van der Waals surface area contributed by atoms with E-state index in [9.17, 15) is 8.42 Å². The lowest BCUT2D eigenvalue weighted by atomic mass is 10.0. The second-order valence-corrected chi connectivity index (χ2v) is 7.14. The SMILES string of the molecule is COCCN(C)S(=O)(=O)NC(CN)c1ccc2ccccc2c1. The van der Waals surface area contributed by atoms with Crippen LogP contribution in [0, 0.1) is 0 Å². The molecule has 6 nitrogen and oxygen atoms in total. The van der Waals surface area contributed by atoms with Crippen LogP contribution < -0.4 is 10.5 Å². The molecule has 0 radical (unpaired) electrons. The van der Waals surface area contributed by atoms with Crippen LogP contribution in [-0.4, -0.2) is 46.6 Å². The van der Waals surface area contributed by atoms with Gasteiger partial charge in [0.15, 0.2) is 0 Å². The monoisotopic (exact) mass is 337 g/mol. The number of rotatable bonds is 8. The maximum absolute atomic E-state index is 12.3. The van der Waals surface area contributed by atoms with Crippen molar-refractivity contribution in [1.29, 1.82) is 0 Å². The Morgan fingerprint density at radius 1 is 1.22 bits per heavy atom. The fourth-order valence-corrected chi connectivity index (χ4v) is 3.37. The summed E-state index contributed by atoms with van der Waals surface area (Å²) < 4.78 is 33.5. The summed E-state index contributed by atoms with van der Waals surface area (Å²) >= 11 is 0. The summed E-state index contributed by atoms with van der Waals surface area (Å²) in [6.07, 6.45) is 0. The second-order valence-electron chi connectivity index (χ2n) is 5.33. The minimum atomic E-state index is -3.62. The molecular formula is C16H23N3O3S. The topological polar surface area (TPSA) is 84.7 Å². The smallest absolute Gasteiger partial charge is 0.279 e. The molecule has 2 aromatic rings. The Morgan fingerprint density at radius 2 is 1.91 bits per heavy atom. The molecule has 0 aliphatic rings. The Hall–Kier alpha value is -1.51. The molecule has 7 heteroatoms. The third kappa shape index (κ3) is 4.49. The Kier molecular flexibility index (Phi) is 6.09.